The van der Waals surface area contributed by atoms with Crippen LogP contribution in [0.15, 0.2) is 0 Å². The van der Waals surface area contributed by atoms with Crippen molar-refractivity contribution in [2.24, 2.45) is 5.73 Å². The first-order valence-corrected chi connectivity index (χ1v) is 3.45. The van der Waals surface area contributed by atoms with Gasteiger partial charge in [0.05, 0.1) is 0 Å². The van der Waals surface area contributed by atoms with E-state index >= 15 is 0 Å². The molecule has 1 aliphatic heterocycles. The van der Waals surface area contributed by atoms with Gasteiger partial charge in [-0.1, -0.05) is 11.9 Å². The summed E-state index contributed by atoms with van der Waals surface area (Å²) < 4.78 is 2.30. The van der Waals surface area contributed by atoms with Crippen LogP contribution in [-0.4, -0.2) is 29.7 Å². The second kappa shape index (κ2) is 2.55. The van der Waals surface area contributed by atoms with Crippen molar-refractivity contribution in [2.75, 3.05) is 25.4 Å². The lowest BCUT2D eigenvalue weighted by atomic mass is 10.8. The largest absolute Gasteiger partial charge is 0.330 e. The van der Waals surface area contributed by atoms with Crippen molar-refractivity contribution in [3.05, 3.63) is 0 Å². The highest BCUT2D eigenvalue weighted by molar-refractivity contribution is 7.97. The van der Waals surface area contributed by atoms with E-state index in [9.17, 15) is 0 Å². The van der Waals surface area contributed by atoms with Crippen LogP contribution in [0.2, 0.25) is 0 Å². The Hall–Kier alpha value is 0.270. The van der Waals surface area contributed by atoms with Gasteiger partial charge in [-0.05, 0) is 0 Å². The average molecular weight is 118 g/mol. The molecule has 1 saturated heterocycles. The molecule has 0 radical (unpaired) electrons. The Kier molecular flexibility index (Phi) is 1.97. The standard InChI is InChI=1S/C4H10N2S/c5-1-4-7-6-2-3-6/h1-5H2. The molecule has 0 aromatic heterocycles. The summed E-state index contributed by atoms with van der Waals surface area (Å²) in [5.41, 5.74) is 5.26. The summed E-state index contributed by atoms with van der Waals surface area (Å²) >= 11 is 1.85. The molecular formula is C4H10N2S. The van der Waals surface area contributed by atoms with Crippen molar-refractivity contribution in [1.82, 2.24) is 4.31 Å². The van der Waals surface area contributed by atoms with Crippen LogP contribution in [0.1, 0.15) is 0 Å². The zero-order chi connectivity index (χ0) is 5.11. The molecule has 1 rings (SSSR count). The number of rotatable bonds is 3. The molecule has 0 bridgehead atoms. The van der Waals surface area contributed by atoms with Gasteiger partial charge in [0.25, 0.3) is 0 Å². The Balaban J connectivity index is 1.80. The Bertz CT molecular complexity index is 53.7. The van der Waals surface area contributed by atoms with Gasteiger partial charge in [0, 0.05) is 25.4 Å². The Labute approximate surface area is 48.2 Å². The van der Waals surface area contributed by atoms with Crippen LogP contribution < -0.4 is 5.73 Å². The Morgan fingerprint density at radius 3 is 2.71 bits per heavy atom. The van der Waals surface area contributed by atoms with Gasteiger partial charge < -0.3 is 5.73 Å². The lowest BCUT2D eigenvalue weighted by molar-refractivity contribution is 0.945. The van der Waals surface area contributed by atoms with Gasteiger partial charge in [0.1, 0.15) is 0 Å². The van der Waals surface area contributed by atoms with E-state index in [2.05, 4.69) is 4.31 Å². The van der Waals surface area contributed by atoms with Crippen molar-refractivity contribution >= 4 is 11.9 Å². The van der Waals surface area contributed by atoms with Crippen molar-refractivity contribution < 1.29 is 0 Å². The summed E-state index contributed by atoms with van der Waals surface area (Å²) in [6.07, 6.45) is 0. The molecule has 1 fully saturated rings. The molecule has 0 aromatic rings. The maximum absolute atomic E-state index is 5.26. The second-order valence-electron chi connectivity index (χ2n) is 1.55. The Morgan fingerprint density at radius 1 is 1.57 bits per heavy atom. The van der Waals surface area contributed by atoms with Crippen LogP contribution in [0, 0.1) is 0 Å². The molecule has 7 heavy (non-hydrogen) atoms. The lowest BCUT2D eigenvalue weighted by Gasteiger charge is -1.93. The van der Waals surface area contributed by atoms with E-state index in [0.717, 1.165) is 12.3 Å². The maximum Gasteiger partial charge on any atom is 0.0227 e. The first-order chi connectivity index (χ1) is 3.43. The number of hydrogen-bond donors (Lipinski definition) is 1. The van der Waals surface area contributed by atoms with Crippen molar-refractivity contribution in [3.8, 4) is 0 Å². The summed E-state index contributed by atoms with van der Waals surface area (Å²) in [5, 5.41) is 0. The van der Waals surface area contributed by atoms with E-state index < -0.39 is 0 Å². The number of nitrogens with two attached hydrogens (primary N) is 1. The maximum atomic E-state index is 5.26. The minimum atomic E-state index is 0.807. The smallest absolute Gasteiger partial charge is 0.0227 e. The third-order valence-corrected chi connectivity index (χ3v) is 1.95. The predicted molar refractivity (Wildman–Crippen MR) is 33.1 cm³/mol. The molecule has 0 amide bonds. The van der Waals surface area contributed by atoms with Crippen LogP contribution in [0.4, 0.5) is 0 Å². The lowest BCUT2D eigenvalue weighted by Crippen LogP contribution is -2.02. The SMILES string of the molecule is NCCSN1CC1. The molecule has 0 unspecified atom stereocenters. The molecule has 0 spiro atoms. The van der Waals surface area contributed by atoms with Crippen molar-refractivity contribution in [2.45, 2.75) is 0 Å². The Morgan fingerprint density at radius 2 is 2.29 bits per heavy atom. The molecule has 2 nitrogen and oxygen atoms in total. The molecule has 0 atom stereocenters. The quantitative estimate of drug-likeness (QED) is 0.415. The van der Waals surface area contributed by atoms with E-state index in [0.29, 0.717) is 0 Å². The van der Waals surface area contributed by atoms with E-state index in [1.807, 2.05) is 11.9 Å². The van der Waals surface area contributed by atoms with E-state index in [4.69, 9.17) is 5.73 Å². The van der Waals surface area contributed by atoms with Crippen LogP contribution in [0.3, 0.4) is 0 Å². The third kappa shape index (κ3) is 2.16. The average Bonchev–Trinajstić information content (AvgIpc) is 2.42. The summed E-state index contributed by atoms with van der Waals surface area (Å²) in [5.74, 6) is 1.08. The molecule has 1 heterocycles. The second-order valence-corrected chi connectivity index (χ2v) is 2.73. The van der Waals surface area contributed by atoms with Crippen LogP contribution >= 0.6 is 11.9 Å². The van der Waals surface area contributed by atoms with Gasteiger partial charge in [-0.25, -0.2) is 4.31 Å². The molecule has 0 aliphatic carbocycles. The van der Waals surface area contributed by atoms with Crippen molar-refractivity contribution in [3.63, 3.8) is 0 Å². The van der Waals surface area contributed by atoms with E-state index in [1.165, 1.54) is 13.1 Å². The summed E-state index contributed by atoms with van der Waals surface area (Å²) in [6, 6.07) is 0. The van der Waals surface area contributed by atoms with Gasteiger partial charge in [0.15, 0.2) is 0 Å². The van der Waals surface area contributed by atoms with Gasteiger partial charge in [-0.15, -0.1) is 0 Å². The fraction of sp³-hybridized carbons (Fsp3) is 1.00. The topological polar surface area (TPSA) is 29.0 Å². The van der Waals surface area contributed by atoms with E-state index in [-0.39, 0.29) is 0 Å². The van der Waals surface area contributed by atoms with Crippen molar-refractivity contribution in [1.29, 1.82) is 0 Å². The molecule has 0 saturated carbocycles. The first-order valence-electron chi connectivity index (χ1n) is 2.51. The molecule has 1 aliphatic rings. The molecule has 3 heteroatoms. The summed E-state index contributed by atoms with van der Waals surface area (Å²) in [4.78, 5) is 0. The summed E-state index contributed by atoms with van der Waals surface area (Å²) in [7, 11) is 0. The molecular weight excluding hydrogens is 108 g/mol. The van der Waals surface area contributed by atoms with E-state index in [1.54, 1.807) is 0 Å². The number of nitrogens with zero attached hydrogens (tertiary/aromatic N) is 1. The number of hydrogen-bond acceptors (Lipinski definition) is 3. The van der Waals surface area contributed by atoms with Gasteiger partial charge in [-0.2, -0.15) is 0 Å². The monoisotopic (exact) mass is 118 g/mol. The summed E-state index contributed by atoms with van der Waals surface area (Å²) in [6.45, 7) is 3.34. The first kappa shape index (κ1) is 5.41. The highest BCUT2D eigenvalue weighted by atomic mass is 32.2. The van der Waals surface area contributed by atoms with Crippen LogP contribution in [-0.2, 0) is 0 Å². The van der Waals surface area contributed by atoms with Crippen LogP contribution in [0.25, 0.3) is 0 Å². The fourth-order valence-electron chi connectivity index (χ4n) is 0.352. The van der Waals surface area contributed by atoms with Gasteiger partial charge in [-0.3, -0.25) is 0 Å². The minimum absolute atomic E-state index is 0.807. The highest BCUT2D eigenvalue weighted by Gasteiger charge is 2.15. The zero-order valence-electron chi connectivity index (χ0n) is 4.26. The van der Waals surface area contributed by atoms with Crippen LogP contribution in [0.5, 0.6) is 0 Å². The highest BCUT2D eigenvalue weighted by Crippen LogP contribution is 2.17. The zero-order valence-corrected chi connectivity index (χ0v) is 5.08. The fourth-order valence-corrected chi connectivity index (χ4v) is 1.06. The molecule has 42 valence electrons. The predicted octanol–water partition coefficient (Wildman–Crippen LogP) is -0.0911. The molecule has 0 aromatic carbocycles. The molecule has 2 N–H and O–H groups in total. The third-order valence-electron chi connectivity index (χ3n) is 0.798. The van der Waals surface area contributed by atoms with Gasteiger partial charge in [0.2, 0.25) is 0 Å². The normalized spacial score (nSPS) is 20.1. The van der Waals surface area contributed by atoms with Gasteiger partial charge >= 0.3 is 0 Å². The minimum Gasteiger partial charge on any atom is -0.330 e.